The Morgan fingerprint density at radius 1 is 1.19 bits per heavy atom. The summed E-state index contributed by atoms with van der Waals surface area (Å²) in [6.45, 7) is 5.83. The summed E-state index contributed by atoms with van der Waals surface area (Å²) >= 11 is 1.45. The van der Waals surface area contributed by atoms with E-state index in [0.717, 1.165) is 21.6 Å². The van der Waals surface area contributed by atoms with Crippen molar-refractivity contribution in [2.24, 2.45) is 0 Å². The SMILES string of the molecule is COc1c(C)cc(C)cc1/C(O)=C1\C(=O)C(=O)N(Cc2ccco2)C1c1sccc1C. The monoisotopic (exact) mass is 437 g/mol. The van der Waals surface area contributed by atoms with E-state index in [1.54, 1.807) is 18.2 Å². The normalized spacial score (nSPS) is 18.1. The summed E-state index contributed by atoms with van der Waals surface area (Å²) in [5, 5.41) is 13.3. The summed E-state index contributed by atoms with van der Waals surface area (Å²) in [5.74, 6) is -0.587. The molecule has 0 bridgehead atoms. The van der Waals surface area contributed by atoms with Crippen LogP contribution >= 0.6 is 11.3 Å². The minimum atomic E-state index is -0.719. The van der Waals surface area contributed by atoms with Gasteiger partial charge in [-0.15, -0.1) is 11.3 Å². The Bertz CT molecular complexity index is 1190. The number of benzene rings is 1. The first-order valence-corrected chi connectivity index (χ1v) is 10.7. The highest BCUT2D eigenvalue weighted by molar-refractivity contribution is 7.10. The molecule has 6 nitrogen and oxygen atoms in total. The van der Waals surface area contributed by atoms with Crippen LogP contribution in [-0.2, 0) is 16.1 Å². The largest absolute Gasteiger partial charge is 0.507 e. The van der Waals surface area contributed by atoms with Gasteiger partial charge in [0.2, 0.25) is 0 Å². The highest BCUT2D eigenvalue weighted by atomic mass is 32.1. The number of ketones is 1. The van der Waals surface area contributed by atoms with E-state index in [4.69, 9.17) is 9.15 Å². The van der Waals surface area contributed by atoms with Crippen molar-refractivity contribution in [3.63, 3.8) is 0 Å². The van der Waals surface area contributed by atoms with Gasteiger partial charge in [-0.1, -0.05) is 6.07 Å². The average molecular weight is 438 g/mol. The molecule has 1 aliphatic rings. The van der Waals surface area contributed by atoms with Gasteiger partial charge >= 0.3 is 0 Å². The van der Waals surface area contributed by atoms with E-state index in [2.05, 4.69) is 0 Å². The number of aliphatic hydroxyl groups is 1. The zero-order chi connectivity index (χ0) is 22.3. The standard InChI is InChI=1S/C24H23NO5S/c1-13-10-15(3)22(29-4)17(11-13)20(26)18-19(23-14(2)7-9-31-23)25(24(28)21(18)27)12-16-6-5-8-30-16/h5-11,19,26H,12H2,1-4H3/b20-18+. The third kappa shape index (κ3) is 3.55. The van der Waals surface area contributed by atoms with Gasteiger partial charge in [-0.05, 0) is 67.1 Å². The van der Waals surface area contributed by atoms with Crippen molar-refractivity contribution in [1.82, 2.24) is 4.90 Å². The summed E-state index contributed by atoms with van der Waals surface area (Å²) < 4.78 is 10.9. The van der Waals surface area contributed by atoms with Gasteiger partial charge in [-0.2, -0.15) is 0 Å². The van der Waals surface area contributed by atoms with Crippen LogP contribution in [0.1, 0.15) is 38.9 Å². The number of likely N-dealkylation sites (tertiary alicyclic amines) is 1. The number of aryl methyl sites for hydroxylation is 3. The molecular formula is C24H23NO5S. The summed E-state index contributed by atoms with van der Waals surface area (Å²) in [7, 11) is 1.52. The van der Waals surface area contributed by atoms with E-state index in [1.807, 2.05) is 38.3 Å². The Kier molecular flexibility index (Phi) is 5.45. The summed E-state index contributed by atoms with van der Waals surface area (Å²) in [5.41, 5.74) is 3.14. The van der Waals surface area contributed by atoms with Crippen molar-refractivity contribution in [1.29, 1.82) is 0 Å². The number of carbonyl (C=O) groups is 2. The van der Waals surface area contributed by atoms with Gasteiger partial charge in [0, 0.05) is 4.88 Å². The minimum Gasteiger partial charge on any atom is -0.507 e. The fourth-order valence-electron chi connectivity index (χ4n) is 4.10. The molecule has 0 radical (unpaired) electrons. The number of rotatable bonds is 5. The van der Waals surface area contributed by atoms with E-state index in [9.17, 15) is 14.7 Å². The Morgan fingerprint density at radius 3 is 2.58 bits per heavy atom. The zero-order valence-corrected chi connectivity index (χ0v) is 18.6. The van der Waals surface area contributed by atoms with Crippen LogP contribution in [0, 0.1) is 20.8 Å². The molecule has 1 fully saturated rings. The van der Waals surface area contributed by atoms with E-state index in [0.29, 0.717) is 17.1 Å². The molecule has 160 valence electrons. The molecule has 0 spiro atoms. The third-order valence-corrected chi connectivity index (χ3v) is 6.55. The van der Waals surface area contributed by atoms with E-state index < -0.39 is 17.7 Å². The van der Waals surface area contributed by atoms with Crippen LogP contribution in [0.4, 0.5) is 0 Å². The Balaban J connectivity index is 1.94. The number of ether oxygens (including phenoxy) is 1. The molecule has 0 saturated carbocycles. The van der Waals surface area contributed by atoms with Crippen LogP contribution in [0.3, 0.4) is 0 Å². The molecule has 0 aliphatic carbocycles. The predicted molar refractivity (Wildman–Crippen MR) is 118 cm³/mol. The quantitative estimate of drug-likeness (QED) is 0.349. The number of methoxy groups -OCH3 is 1. The Morgan fingerprint density at radius 2 is 1.97 bits per heavy atom. The maximum absolute atomic E-state index is 13.2. The fraction of sp³-hybridized carbons (Fsp3) is 0.250. The van der Waals surface area contributed by atoms with Gasteiger partial charge < -0.3 is 19.2 Å². The molecule has 4 rings (SSSR count). The molecular weight excluding hydrogens is 414 g/mol. The molecule has 1 atom stereocenters. The van der Waals surface area contributed by atoms with Gasteiger partial charge in [0.1, 0.15) is 23.3 Å². The summed E-state index contributed by atoms with van der Waals surface area (Å²) in [6.07, 6.45) is 1.53. The number of carbonyl (C=O) groups excluding carboxylic acids is 2. The van der Waals surface area contributed by atoms with E-state index >= 15 is 0 Å². The number of furan rings is 1. The lowest BCUT2D eigenvalue weighted by molar-refractivity contribution is -0.140. The number of amides is 1. The highest BCUT2D eigenvalue weighted by Crippen LogP contribution is 2.44. The van der Waals surface area contributed by atoms with Gasteiger partial charge in [0.15, 0.2) is 0 Å². The minimum absolute atomic E-state index is 0.0606. The Labute approximate surface area is 184 Å². The maximum Gasteiger partial charge on any atom is 0.296 e. The summed E-state index contributed by atoms with van der Waals surface area (Å²) in [4.78, 5) is 28.5. The number of Topliss-reactive ketones (excluding diaryl/α,β-unsaturated/α-hetero) is 1. The van der Waals surface area contributed by atoms with Crippen LogP contribution < -0.4 is 4.74 Å². The van der Waals surface area contributed by atoms with Gasteiger partial charge in [0.05, 0.1) is 31.1 Å². The molecule has 3 heterocycles. The molecule has 1 unspecified atom stereocenters. The molecule has 3 aromatic rings. The average Bonchev–Trinajstić information content (AvgIpc) is 3.44. The molecule has 1 N–H and O–H groups in total. The van der Waals surface area contributed by atoms with Crippen molar-refractivity contribution < 1.29 is 23.8 Å². The smallest absolute Gasteiger partial charge is 0.296 e. The summed E-state index contributed by atoms with van der Waals surface area (Å²) in [6, 6.07) is 8.41. The van der Waals surface area contributed by atoms with Crippen LogP contribution in [0.15, 0.2) is 52.0 Å². The lowest BCUT2D eigenvalue weighted by Crippen LogP contribution is -2.28. The third-order valence-electron chi connectivity index (χ3n) is 5.47. The lowest BCUT2D eigenvalue weighted by atomic mass is 9.96. The van der Waals surface area contributed by atoms with Crippen molar-refractivity contribution in [2.45, 2.75) is 33.4 Å². The predicted octanol–water partition coefficient (Wildman–Crippen LogP) is 4.90. The first kappa shape index (κ1) is 20.9. The molecule has 1 amide bonds. The highest BCUT2D eigenvalue weighted by Gasteiger charge is 2.47. The number of nitrogens with zero attached hydrogens (tertiary/aromatic N) is 1. The molecule has 31 heavy (non-hydrogen) atoms. The Hall–Kier alpha value is -3.32. The van der Waals surface area contributed by atoms with Crippen molar-refractivity contribution >= 4 is 28.8 Å². The molecule has 1 aliphatic heterocycles. The second-order valence-electron chi connectivity index (χ2n) is 7.64. The number of hydrogen-bond donors (Lipinski definition) is 1. The lowest BCUT2D eigenvalue weighted by Gasteiger charge is -2.24. The number of hydrogen-bond acceptors (Lipinski definition) is 6. The van der Waals surface area contributed by atoms with Crippen LogP contribution in [-0.4, -0.2) is 28.8 Å². The van der Waals surface area contributed by atoms with Gasteiger partial charge in [0.25, 0.3) is 11.7 Å². The van der Waals surface area contributed by atoms with Crippen LogP contribution in [0.5, 0.6) is 5.75 Å². The van der Waals surface area contributed by atoms with Crippen LogP contribution in [0.2, 0.25) is 0 Å². The molecule has 1 aromatic carbocycles. The van der Waals surface area contributed by atoms with Crippen molar-refractivity contribution in [3.8, 4) is 5.75 Å². The fourth-order valence-corrected chi connectivity index (χ4v) is 5.14. The van der Waals surface area contributed by atoms with Gasteiger partial charge in [-0.3, -0.25) is 9.59 Å². The van der Waals surface area contributed by atoms with Crippen molar-refractivity contribution in [2.75, 3.05) is 7.11 Å². The second-order valence-corrected chi connectivity index (χ2v) is 8.58. The topological polar surface area (TPSA) is 80.0 Å². The molecule has 2 aromatic heterocycles. The van der Waals surface area contributed by atoms with Crippen molar-refractivity contribution in [3.05, 3.63) is 80.4 Å². The first-order chi connectivity index (χ1) is 14.8. The maximum atomic E-state index is 13.2. The molecule has 1 saturated heterocycles. The van der Waals surface area contributed by atoms with Gasteiger partial charge in [-0.25, -0.2) is 0 Å². The second kappa shape index (κ2) is 8.07. The van der Waals surface area contributed by atoms with E-state index in [1.165, 1.54) is 29.6 Å². The zero-order valence-electron chi connectivity index (χ0n) is 17.8. The number of thiophene rings is 1. The van der Waals surface area contributed by atoms with E-state index in [-0.39, 0.29) is 17.9 Å². The number of aliphatic hydroxyl groups excluding tert-OH is 1. The first-order valence-electron chi connectivity index (χ1n) is 9.83. The van der Waals surface area contributed by atoms with Crippen LogP contribution in [0.25, 0.3) is 5.76 Å². The molecule has 7 heteroatoms.